The Labute approximate surface area is 185 Å². The number of carbonyl (C=O) groups is 2. The lowest BCUT2D eigenvalue weighted by Gasteiger charge is -2.36. The van der Waals surface area contributed by atoms with Crippen molar-refractivity contribution in [3.63, 3.8) is 0 Å². The molecule has 1 aliphatic heterocycles. The first-order valence-corrected chi connectivity index (χ1v) is 10.6. The molecule has 1 aromatic carbocycles. The van der Waals surface area contributed by atoms with Gasteiger partial charge < -0.3 is 15.0 Å². The van der Waals surface area contributed by atoms with E-state index in [9.17, 15) is 9.59 Å². The molecule has 3 rings (SSSR count). The summed E-state index contributed by atoms with van der Waals surface area (Å²) < 4.78 is 12.9. The van der Waals surface area contributed by atoms with E-state index < -0.39 is 17.7 Å². The molecule has 0 aliphatic carbocycles. The van der Waals surface area contributed by atoms with Crippen LogP contribution < -0.4 is 5.32 Å². The lowest BCUT2D eigenvalue weighted by Crippen LogP contribution is -2.52. The molecule has 7 nitrogen and oxygen atoms in total. The lowest BCUT2D eigenvalue weighted by atomic mass is 10.1. The van der Waals surface area contributed by atoms with Crippen molar-refractivity contribution in [3.8, 4) is 0 Å². The Morgan fingerprint density at radius 1 is 1.16 bits per heavy atom. The van der Waals surface area contributed by atoms with Gasteiger partial charge >= 0.3 is 6.09 Å². The number of benzene rings is 1. The molecule has 1 fully saturated rings. The molecule has 2 heterocycles. The van der Waals surface area contributed by atoms with Crippen LogP contribution in [0.5, 0.6) is 0 Å². The highest BCUT2D eigenvalue weighted by atomic mass is 16.6. The van der Waals surface area contributed by atoms with Gasteiger partial charge in [-0.1, -0.05) is 36.4 Å². The van der Waals surface area contributed by atoms with Gasteiger partial charge in [-0.3, -0.25) is 14.7 Å². The second kappa shape index (κ2) is 10.4. The van der Waals surface area contributed by atoms with Crippen LogP contribution in [0.2, 0.25) is 0 Å². The number of hydrogen-bond acceptors (Lipinski definition) is 5. The van der Waals surface area contributed by atoms with E-state index in [4.69, 9.17) is 6.11 Å². The summed E-state index contributed by atoms with van der Waals surface area (Å²) >= 11 is 0. The number of aromatic nitrogens is 1. The molecule has 31 heavy (non-hydrogen) atoms. The molecule has 1 atom stereocenters. The number of amides is 2. The van der Waals surface area contributed by atoms with Crippen molar-refractivity contribution in [2.24, 2.45) is 0 Å². The monoisotopic (exact) mass is 425 g/mol. The fraction of sp³-hybridized carbons (Fsp3) is 0.458. The van der Waals surface area contributed by atoms with Gasteiger partial charge in [-0.15, -0.1) is 0 Å². The van der Waals surface area contributed by atoms with E-state index in [2.05, 4.69) is 21.3 Å². The summed E-state index contributed by atoms with van der Waals surface area (Å²) in [4.78, 5) is 34.1. The van der Waals surface area contributed by atoms with Crippen LogP contribution in [-0.2, 0) is 16.0 Å². The van der Waals surface area contributed by atoms with Crippen LogP contribution in [0.4, 0.5) is 4.79 Å². The number of hydrogen-bond donors (Lipinski definition) is 1. The number of rotatable bonds is 6. The molecule has 2 amide bonds. The Balaban J connectivity index is 1.59. The molecular formula is C24H32N4O3. The van der Waals surface area contributed by atoms with Gasteiger partial charge in [-0.2, -0.15) is 0 Å². The van der Waals surface area contributed by atoms with Crippen LogP contribution in [-0.4, -0.2) is 65.1 Å². The van der Waals surface area contributed by atoms with Crippen LogP contribution >= 0.6 is 0 Å². The first kappa shape index (κ1) is 21.3. The third-order valence-corrected chi connectivity index (χ3v) is 5.13. The zero-order chi connectivity index (χ0) is 23.0. The molecule has 1 saturated heterocycles. The van der Waals surface area contributed by atoms with E-state index >= 15 is 0 Å². The van der Waals surface area contributed by atoms with E-state index in [1.807, 2.05) is 42.6 Å². The standard InChI is InChI=1S/C24H32N4O3/c1-24(2,3)31-23(30)26-21(20-9-5-4-6-10-20)22(29)28-16-14-27(15-17-28)13-11-19-8-7-12-25-18-19/h4-10,12,18,21H,11,13-17H2,1-3H3,(H,26,30)/i1D. The Hall–Kier alpha value is -2.93. The highest BCUT2D eigenvalue weighted by Crippen LogP contribution is 2.19. The van der Waals surface area contributed by atoms with Crippen molar-refractivity contribution < 1.29 is 15.7 Å². The van der Waals surface area contributed by atoms with E-state index in [-0.39, 0.29) is 12.8 Å². The maximum absolute atomic E-state index is 13.3. The first-order valence-electron chi connectivity index (χ1n) is 11.3. The van der Waals surface area contributed by atoms with Crippen LogP contribution in [0.15, 0.2) is 54.9 Å². The van der Waals surface area contributed by atoms with Gasteiger partial charge in [0.15, 0.2) is 0 Å². The van der Waals surface area contributed by atoms with E-state index in [1.54, 1.807) is 24.9 Å². The summed E-state index contributed by atoms with van der Waals surface area (Å²) in [7, 11) is 0. The van der Waals surface area contributed by atoms with Gasteiger partial charge in [0, 0.05) is 46.5 Å². The zero-order valence-corrected chi connectivity index (χ0v) is 18.3. The minimum absolute atomic E-state index is 0.0641. The third-order valence-electron chi connectivity index (χ3n) is 5.13. The number of ether oxygens (including phenoxy) is 1. The molecule has 1 aromatic heterocycles. The van der Waals surface area contributed by atoms with Crippen LogP contribution in [0.3, 0.4) is 0 Å². The fourth-order valence-corrected chi connectivity index (χ4v) is 3.54. The van der Waals surface area contributed by atoms with E-state index in [1.165, 1.54) is 5.56 Å². The molecule has 2 aromatic rings. The molecule has 0 saturated carbocycles. The molecule has 0 bridgehead atoms. The van der Waals surface area contributed by atoms with Crippen molar-refractivity contribution in [1.29, 1.82) is 0 Å². The molecule has 0 radical (unpaired) electrons. The smallest absolute Gasteiger partial charge is 0.408 e. The highest BCUT2D eigenvalue weighted by Gasteiger charge is 2.31. The summed E-state index contributed by atoms with van der Waals surface area (Å²) in [6, 6.07) is 12.4. The largest absolute Gasteiger partial charge is 0.444 e. The van der Waals surface area contributed by atoms with Gasteiger partial charge in [0.2, 0.25) is 5.91 Å². The maximum Gasteiger partial charge on any atom is 0.408 e. The number of carbonyl (C=O) groups excluding carboxylic acids is 2. The number of piperazine rings is 1. The topological polar surface area (TPSA) is 74.8 Å². The van der Waals surface area contributed by atoms with Crippen molar-refractivity contribution >= 4 is 12.0 Å². The Kier molecular flexibility index (Phi) is 7.14. The fourth-order valence-electron chi connectivity index (χ4n) is 3.54. The molecule has 1 aliphatic rings. The van der Waals surface area contributed by atoms with Gasteiger partial charge in [-0.05, 0) is 44.4 Å². The first-order chi connectivity index (χ1) is 15.4. The van der Waals surface area contributed by atoms with Crippen molar-refractivity contribution in [2.45, 2.75) is 38.8 Å². The van der Waals surface area contributed by atoms with Crippen LogP contribution in [0.25, 0.3) is 0 Å². The molecule has 1 unspecified atom stereocenters. The van der Waals surface area contributed by atoms with Crippen molar-refractivity contribution in [1.82, 2.24) is 20.1 Å². The van der Waals surface area contributed by atoms with E-state index in [0.717, 1.165) is 26.1 Å². The predicted octanol–water partition coefficient (Wildman–Crippen LogP) is 3.03. The average molecular weight is 426 g/mol. The Morgan fingerprint density at radius 3 is 2.55 bits per heavy atom. The predicted molar refractivity (Wildman–Crippen MR) is 120 cm³/mol. The maximum atomic E-state index is 13.3. The zero-order valence-electron chi connectivity index (χ0n) is 19.3. The van der Waals surface area contributed by atoms with Gasteiger partial charge in [-0.25, -0.2) is 4.79 Å². The SMILES string of the molecule is [2H]CC(C)(C)OC(=O)NC(C(=O)N1CCN(CCc2cccnc2)CC1)c1ccccc1. The van der Waals surface area contributed by atoms with Crippen LogP contribution in [0.1, 0.15) is 39.3 Å². The minimum Gasteiger partial charge on any atom is -0.444 e. The summed E-state index contributed by atoms with van der Waals surface area (Å²) in [5.74, 6) is -0.149. The second-order valence-corrected chi connectivity index (χ2v) is 8.42. The third kappa shape index (κ3) is 7.07. The number of pyridine rings is 1. The molecule has 166 valence electrons. The number of nitrogens with one attached hydrogen (secondary N) is 1. The quantitative estimate of drug-likeness (QED) is 0.770. The molecule has 0 spiro atoms. The molecule has 7 heteroatoms. The lowest BCUT2D eigenvalue weighted by molar-refractivity contribution is -0.135. The summed E-state index contributed by atoms with van der Waals surface area (Å²) in [6.07, 6.45) is 3.89. The average Bonchev–Trinajstić information content (AvgIpc) is 2.82. The Bertz CT molecular complexity index is 871. The molecule has 1 N–H and O–H groups in total. The van der Waals surface area contributed by atoms with Gasteiger partial charge in [0.25, 0.3) is 0 Å². The summed E-state index contributed by atoms with van der Waals surface area (Å²) in [6.45, 7) is 6.96. The van der Waals surface area contributed by atoms with Gasteiger partial charge in [0.1, 0.15) is 11.6 Å². The normalized spacial score (nSPS) is 16.3. The Morgan fingerprint density at radius 2 is 1.90 bits per heavy atom. The van der Waals surface area contributed by atoms with Crippen LogP contribution in [0, 0.1) is 0 Å². The number of nitrogens with zero attached hydrogens (tertiary/aromatic N) is 3. The van der Waals surface area contributed by atoms with Gasteiger partial charge in [0.05, 0.1) is 0 Å². The summed E-state index contributed by atoms with van der Waals surface area (Å²) in [5.41, 5.74) is 0.986. The highest BCUT2D eigenvalue weighted by molar-refractivity contribution is 5.87. The summed E-state index contributed by atoms with van der Waals surface area (Å²) in [5, 5.41) is 2.72. The number of alkyl carbamates (subject to hydrolysis) is 1. The minimum atomic E-state index is -0.922. The van der Waals surface area contributed by atoms with Crippen molar-refractivity contribution in [2.75, 3.05) is 32.7 Å². The molecular weight excluding hydrogens is 392 g/mol. The van der Waals surface area contributed by atoms with E-state index in [0.29, 0.717) is 18.7 Å². The van der Waals surface area contributed by atoms with Crippen molar-refractivity contribution in [3.05, 3.63) is 66.0 Å². The second-order valence-electron chi connectivity index (χ2n) is 8.42.